The van der Waals surface area contributed by atoms with E-state index in [1.165, 1.54) is 0 Å². The minimum absolute atomic E-state index is 0.0105. The number of ether oxygens (including phenoxy) is 1. The number of rotatable bonds is 5. The molecule has 1 aliphatic rings. The van der Waals surface area contributed by atoms with E-state index in [0.717, 1.165) is 25.7 Å². The monoisotopic (exact) mass is 216 g/mol. The Hall–Kier alpha value is -0.650. The van der Waals surface area contributed by atoms with Crippen molar-refractivity contribution in [2.45, 2.75) is 31.7 Å². The van der Waals surface area contributed by atoms with Crippen molar-refractivity contribution in [1.82, 2.24) is 5.48 Å². The van der Waals surface area contributed by atoms with Gasteiger partial charge in [-0.1, -0.05) is 6.42 Å². The third kappa shape index (κ3) is 4.59. The summed E-state index contributed by atoms with van der Waals surface area (Å²) in [5.41, 5.74) is 8.23. The fourth-order valence-corrected chi connectivity index (χ4v) is 1.80. The van der Waals surface area contributed by atoms with Crippen LogP contribution in [0.5, 0.6) is 0 Å². The van der Waals surface area contributed by atoms with Gasteiger partial charge < -0.3 is 10.5 Å². The summed E-state index contributed by atoms with van der Waals surface area (Å²) in [4.78, 5) is 16.5. The molecule has 0 aliphatic heterocycles. The van der Waals surface area contributed by atoms with E-state index in [0.29, 0.717) is 13.2 Å². The molecule has 0 aromatic rings. The van der Waals surface area contributed by atoms with E-state index >= 15 is 0 Å². The van der Waals surface area contributed by atoms with Gasteiger partial charge in [0, 0.05) is 19.1 Å². The van der Waals surface area contributed by atoms with Crippen LogP contribution < -0.4 is 11.2 Å². The van der Waals surface area contributed by atoms with Crippen molar-refractivity contribution >= 4 is 5.91 Å². The number of carbonyl (C=O) groups is 1. The van der Waals surface area contributed by atoms with Crippen LogP contribution in [0.4, 0.5) is 0 Å². The van der Waals surface area contributed by atoms with Crippen LogP contribution >= 0.6 is 0 Å². The van der Waals surface area contributed by atoms with Crippen molar-refractivity contribution in [2.24, 2.45) is 11.7 Å². The number of hydrogen-bond donors (Lipinski definition) is 2. The molecular weight excluding hydrogens is 196 g/mol. The van der Waals surface area contributed by atoms with Crippen molar-refractivity contribution in [1.29, 1.82) is 0 Å². The van der Waals surface area contributed by atoms with Crippen LogP contribution in [-0.4, -0.2) is 32.3 Å². The fraction of sp³-hybridized carbons (Fsp3) is 0.900. The second-order valence-electron chi connectivity index (χ2n) is 3.93. The second-order valence-corrected chi connectivity index (χ2v) is 3.93. The number of methoxy groups -OCH3 is 1. The van der Waals surface area contributed by atoms with E-state index in [2.05, 4.69) is 5.48 Å². The van der Waals surface area contributed by atoms with Gasteiger partial charge >= 0.3 is 0 Å². The van der Waals surface area contributed by atoms with Gasteiger partial charge in [0.1, 0.15) is 0 Å². The quantitative estimate of drug-likeness (QED) is 0.508. The Morgan fingerprint density at radius 1 is 1.47 bits per heavy atom. The van der Waals surface area contributed by atoms with Gasteiger partial charge in [0.05, 0.1) is 13.2 Å². The van der Waals surface area contributed by atoms with Crippen LogP contribution in [-0.2, 0) is 14.4 Å². The minimum atomic E-state index is -0.0544. The topological polar surface area (TPSA) is 73.6 Å². The standard InChI is InChI=1S/C10H20N2O3/c1-14-5-6-15-12-10(13)8-3-2-4-9(11)7-8/h8-9H,2-7,11H2,1H3,(H,12,13). The number of nitrogens with two attached hydrogens (primary N) is 1. The molecule has 0 spiro atoms. The highest BCUT2D eigenvalue weighted by molar-refractivity contribution is 5.77. The second kappa shape index (κ2) is 6.76. The predicted molar refractivity (Wildman–Crippen MR) is 55.9 cm³/mol. The van der Waals surface area contributed by atoms with Gasteiger partial charge in [0.2, 0.25) is 5.91 Å². The smallest absolute Gasteiger partial charge is 0.246 e. The molecule has 0 aromatic carbocycles. The molecule has 2 unspecified atom stereocenters. The Morgan fingerprint density at radius 3 is 2.93 bits per heavy atom. The molecule has 0 saturated heterocycles. The molecule has 88 valence electrons. The van der Waals surface area contributed by atoms with Gasteiger partial charge in [-0.05, 0) is 19.3 Å². The molecule has 0 radical (unpaired) electrons. The zero-order valence-electron chi connectivity index (χ0n) is 9.20. The summed E-state index contributed by atoms with van der Waals surface area (Å²) in [5, 5.41) is 0. The molecule has 1 saturated carbocycles. The summed E-state index contributed by atoms with van der Waals surface area (Å²) >= 11 is 0. The molecule has 15 heavy (non-hydrogen) atoms. The molecule has 5 nitrogen and oxygen atoms in total. The SMILES string of the molecule is COCCONC(=O)C1CCCC(N)C1. The minimum Gasteiger partial charge on any atom is -0.382 e. The van der Waals surface area contributed by atoms with Crippen LogP contribution in [0.25, 0.3) is 0 Å². The van der Waals surface area contributed by atoms with Gasteiger partial charge in [-0.2, -0.15) is 0 Å². The normalized spacial score (nSPS) is 26.3. The van der Waals surface area contributed by atoms with Gasteiger partial charge in [-0.3, -0.25) is 9.63 Å². The first-order valence-corrected chi connectivity index (χ1v) is 5.40. The van der Waals surface area contributed by atoms with Gasteiger partial charge in [0.15, 0.2) is 0 Å². The summed E-state index contributed by atoms with van der Waals surface area (Å²) < 4.78 is 4.79. The average Bonchev–Trinajstić information content (AvgIpc) is 2.24. The van der Waals surface area contributed by atoms with Crippen molar-refractivity contribution in [3.63, 3.8) is 0 Å². The maximum atomic E-state index is 11.6. The maximum Gasteiger partial charge on any atom is 0.246 e. The van der Waals surface area contributed by atoms with Crippen molar-refractivity contribution in [3.8, 4) is 0 Å². The molecular formula is C10H20N2O3. The number of amides is 1. The lowest BCUT2D eigenvalue weighted by molar-refractivity contribution is -0.139. The number of nitrogens with one attached hydrogen (secondary N) is 1. The molecule has 1 fully saturated rings. The average molecular weight is 216 g/mol. The lowest BCUT2D eigenvalue weighted by atomic mass is 9.86. The van der Waals surface area contributed by atoms with E-state index in [4.69, 9.17) is 15.3 Å². The highest BCUT2D eigenvalue weighted by atomic mass is 16.7. The Kier molecular flexibility index (Phi) is 5.60. The third-order valence-electron chi connectivity index (χ3n) is 2.65. The van der Waals surface area contributed by atoms with E-state index < -0.39 is 0 Å². The molecule has 0 heterocycles. The lowest BCUT2D eigenvalue weighted by Gasteiger charge is -2.25. The van der Waals surface area contributed by atoms with Crippen LogP contribution in [0.15, 0.2) is 0 Å². The Labute approximate surface area is 90.3 Å². The molecule has 2 atom stereocenters. The summed E-state index contributed by atoms with van der Waals surface area (Å²) in [6.07, 6.45) is 3.72. The number of carbonyl (C=O) groups excluding carboxylic acids is 1. The van der Waals surface area contributed by atoms with Crippen LogP contribution in [0.3, 0.4) is 0 Å². The molecule has 1 amide bonds. The van der Waals surface area contributed by atoms with Crippen molar-refractivity contribution in [3.05, 3.63) is 0 Å². The maximum absolute atomic E-state index is 11.6. The van der Waals surface area contributed by atoms with Crippen LogP contribution in [0.1, 0.15) is 25.7 Å². The van der Waals surface area contributed by atoms with E-state index in [-0.39, 0.29) is 17.9 Å². The zero-order chi connectivity index (χ0) is 11.1. The summed E-state index contributed by atoms with van der Waals surface area (Å²) in [5.74, 6) is -0.0439. The van der Waals surface area contributed by atoms with E-state index in [9.17, 15) is 4.79 Å². The van der Waals surface area contributed by atoms with E-state index in [1.807, 2.05) is 0 Å². The first kappa shape index (κ1) is 12.4. The van der Waals surface area contributed by atoms with Crippen LogP contribution in [0, 0.1) is 5.92 Å². The highest BCUT2D eigenvalue weighted by Gasteiger charge is 2.25. The molecule has 1 aliphatic carbocycles. The van der Waals surface area contributed by atoms with E-state index in [1.54, 1.807) is 7.11 Å². The zero-order valence-corrected chi connectivity index (χ0v) is 9.20. The molecule has 3 N–H and O–H groups in total. The van der Waals surface area contributed by atoms with Gasteiger partial charge in [0.25, 0.3) is 0 Å². The lowest BCUT2D eigenvalue weighted by Crippen LogP contribution is -2.38. The number of hydroxylamine groups is 1. The largest absolute Gasteiger partial charge is 0.382 e. The first-order chi connectivity index (χ1) is 7.24. The summed E-state index contributed by atoms with van der Waals surface area (Å²) in [7, 11) is 1.59. The molecule has 0 bridgehead atoms. The van der Waals surface area contributed by atoms with Gasteiger partial charge in [-0.25, -0.2) is 5.48 Å². The molecule has 1 rings (SSSR count). The Bertz CT molecular complexity index is 199. The van der Waals surface area contributed by atoms with Crippen LogP contribution in [0.2, 0.25) is 0 Å². The molecule has 5 heteroatoms. The first-order valence-electron chi connectivity index (χ1n) is 5.40. The summed E-state index contributed by atoms with van der Waals surface area (Å²) in [6, 6.07) is 0.161. The van der Waals surface area contributed by atoms with Crippen molar-refractivity contribution < 1.29 is 14.4 Å². The third-order valence-corrected chi connectivity index (χ3v) is 2.65. The Morgan fingerprint density at radius 2 is 2.27 bits per heavy atom. The predicted octanol–water partition coefficient (Wildman–Crippen LogP) is 0.198. The number of hydrogen-bond acceptors (Lipinski definition) is 4. The Balaban J connectivity index is 2.15. The highest BCUT2D eigenvalue weighted by Crippen LogP contribution is 2.22. The van der Waals surface area contributed by atoms with Crippen molar-refractivity contribution in [2.75, 3.05) is 20.3 Å². The summed E-state index contributed by atoms with van der Waals surface area (Å²) in [6.45, 7) is 0.853. The van der Waals surface area contributed by atoms with Gasteiger partial charge in [-0.15, -0.1) is 0 Å². The fourth-order valence-electron chi connectivity index (χ4n) is 1.80. The molecule has 0 aromatic heterocycles.